The van der Waals surface area contributed by atoms with E-state index in [9.17, 15) is 4.79 Å². The minimum absolute atomic E-state index is 0.252. The molecule has 0 spiro atoms. The molecule has 0 saturated heterocycles. The van der Waals surface area contributed by atoms with Crippen molar-refractivity contribution in [2.24, 2.45) is 0 Å². The number of anilines is 1. The van der Waals surface area contributed by atoms with Crippen LogP contribution in [0.1, 0.15) is 0 Å². The number of ether oxygens (including phenoxy) is 1. The minimum atomic E-state index is -0.252. The van der Waals surface area contributed by atoms with Crippen molar-refractivity contribution in [2.45, 2.75) is 6.54 Å². The van der Waals surface area contributed by atoms with Gasteiger partial charge in [0.25, 0.3) is 0 Å². The molecule has 0 fully saturated rings. The number of hydrogen-bond donors (Lipinski definition) is 1. The first kappa shape index (κ1) is 12.0. The first-order chi connectivity index (χ1) is 10.3. The van der Waals surface area contributed by atoms with Gasteiger partial charge in [-0.15, -0.1) is 0 Å². The van der Waals surface area contributed by atoms with Gasteiger partial charge in [-0.3, -0.25) is 4.57 Å². The van der Waals surface area contributed by atoms with Crippen LogP contribution in [0.3, 0.4) is 0 Å². The van der Waals surface area contributed by atoms with Gasteiger partial charge < -0.3 is 10.1 Å². The number of nitrogens with zero attached hydrogens (tertiary/aromatic N) is 4. The van der Waals surface area contributed by atoms with Crippen LogP contribution in [-0.4, -0.2) is 33.0 Å². The number of fused-ring (bicyclic) bond motifs is 3. The maximum Gasteiger partial charge on any atom is 0.351 e. The SMILES string of the molecule is COc1ccc(-n2ncc3c4n(c(=O)nc32)CCN4)cc1. The lowest BCUT2D eigenvalue weighted by atomic mass is 10.3. The summed E-state index contributed by atoms with van der Waals surface area (Å²) < 4.78 is 8.45. The van der Waals surface area contributed by atoms with Crippen molar-refractivity contribution in [1.82, 2.24) is 19.3 Å². The van der Waals surface area contributed by atoms with Crippen LogP contribution >= 0.6 is 0 Å². The second kappa shape index (κ2) is 4.34. The van der Waals surface area contributed by atoms with Gasteiger partial charge in [0.2, 0.25) is 0 Å². The predicted molar refractivity (Wildman–Crippen MR) is 78.2 cm³/mol. The third kappa shape index (κ3) is 1.70. The number of hydrogen-bond acceptors (Lipinski definition) is 5. The lowest BCUT2D eigenvalue weighted by molar-refractivity contribution is 0.414. The fraction of sp³-hybridized carbons (Fsp3) is 0.214. The first-order valence-electron chi connectivity index (χ1n) is 6.65. The number of methoxy groups -OCH3 is 1. The number of rotatable bonds is 2. The Balaban J connectivity index is 1.94. The molecule has 2 aromatic heterocycles. The van der Waals surface area contributed by atoms with Crippen LogP contribution in [0.5, 0.6) is 5.75 Å². The van der Waals surface area contributed by atoms with Gasteiger partial charge in [-0.2, -0.15) is 10.1 Å². The highest BCUT2D eigenvalue weighted by Crippen LogP contribution is 2.25. The van der Waals surface area contributed by atoms with E-state index in [0.717, 1.165) is 29.2 Å². The average Bonchev–Trinajstić information content (AvgIpc) is 3.14. The molecule has 3 heterocycles. The molecule has 0 atom stereocenters. The van der Waals surface area contributed by atoms with Gasteiger partial charge in [-0.25, -0.2) is 9.48 Å². The normalized spacial score (nSPS) is 13.2. The summed E-state index contributed by atoms with van der Waals surface area (Å²) in [5.41, 5.74) is 1.14. The number of benzene rings is 1. The highest BCUT2D eigenvalue weighted by atomic mass is 16.5. The molecule has 1 aliphatic heterocycles. The monoisotopic (exact) mass is 283 g/mol. The quantitative estimate of drug-likeness (QED) is 0.760. The van der Waals surface area contributed by atoms with Crippen LogP contribution in [-0.2, 0) is 6.54 Å². The molecule has 0 bridgehead atoms. The fourth-order valence-corrected chi connectivity index (χ4v) is 2.61. The molecule has 0 radical (unpaired) electrons. The molecule has 7 heteroatoms. The zero-order valence-electron chi connectivity index (χ0n) is 11.4. The maximum atomic E-state index is 12.1. The van der Waals surface area contributed by atoms with Crippen molar-refractivity contribution in [1.29, 1.82) is 0 Å². The third-order valence-electron chi connectivity index (χ3n) is 3.65. The summed E-state index contributed by atoms with van der Waals surface area (Å²) in [7, 11) is 1.62. The Morgan fingerprint density at radius 3 is 2.86 bits per heavy atom. The van der Waals surface area contributed by atoms with Crippen LogP contribution < -0.4 is 15.7 Å². The molecule has 1 aromatic carbocycles. The summed E-state index contributed by atoms with van der Waals surface area (Å²) in [5.74, 6) is 1.57. The lowest BCUT2D eigenvalue weighted by Gasteiger charge is -2.06. The highest BCUT2D eigenvalue weighted by Gasteiger charge is 2.19. The van der Waals surface area contributed by atoms with E-state index in [1.165, 1.54) is 0 Å². The Bertz CT molecular complexity index is 879. The number of nitrogens with one attached hydrogen (secondary N) is 1. The van der Waals surface area contributed by atoms with Crippen molar-refractivity contribution in [3.63, 3.8) is 0 Å². The van der Waals surface area contributed by atoms with Crippen molar-refractivity contribution < 1.29 is 4.74 Å². The Labute approximate surface area is 119 Å². The standard InChI is InChI=1S/C14H13N5O2/c1-21-10-4-2-9(3-5-10)19-13-11(8-16-19)12-15-6-7-18(12)14(20)17-13/h2-5,8,15H,6-7H2,1H3. The topological polar surface area (TPSA) is 74.0 Å². The van der Waals surface area contributed by atoms with E-state index < -0.39 is 0 Å². The number of aromatic nitrogens is 4. The van der Waals surface area contributed by atoms with Gasteiger partial charge >= 0.3 is 5.69 Å². The molecule has 7 nitrogen and oxygen atoms in total. The molecule has 0 unspecified atom stereocenters. The smallest absolute Gasteiger partial charge is 0.351 e. The molecule has 0 saturated carbocycles. The largest absolute Gasteiger partial charge is 0.497 e. The molecular formula is C14H13N5O2. The van der Waals surface area contributed by atoms with E-state index in [-0.39, 0.29) is 5.69 Å². The van der Waals surface area contributed by atoms with Gasteiger partial charge in [0.05, 0.1) is 24.4 Å². The summed E-state index contributed by atoms with van der Waals surface area (Å²) in [5, 5.41) is 8.43. The Hall–Kier alpha value is -2.83. The fourth-order valence-electron chi connectivity index (χ4n) is 2.61. The van der Waals surface area contributed by atoms with Crippen LogP contribution in [0.4, 0.5) is 5.82 Å². The van der Waals surface area contributed by atoms with E-state index in [0.29, 0.717) is 12.2 Å². The molecule has 0 aliphatic carbocycles. The second-order valence-corrected chi connectivity index (χ2v) is 4.81. The van der Waals surface area contributed by atoms with Gasteiger partial charge in [0.15, 0.2) is 5.65 Å². The van der Waals surface area contributed by atoms with E-state index in [1.54, 1.807) is 22.6 Å². The Morgan fingerprint density at radius 1 is 1.29 bits per heavy atom. The maximum absolute atomic E-state index is 12.1. The molecule has 21 heavy (non-hydrogen) atoms. The zero-order chi connectivity index (χ0) is 14.4. The van der Waals surface area contributed by atoms with Crippen molar-refractivity contribution in [2.75, 3.05) is 19.0 Å². The molecule has 1 aliphatic rings. The molecule has 3 aromatic rings. The van der Waals surface area contributed by atoms with E-state index in [2.05, 4.69) is 15.4 Å². The summed E-state index contributed by atoms with van der Waals surface area (Å²) in [4.78, 5) is 16.2. The first-order valence-corrected chi connectivity index (χ1v) is 6.65. The molecule has 0 amide bonds. The predicted octanol–water partition coefficient (Wildman–Crippen LogP) is 1.02. The van der Waals surface area contributed by atoms with Gasteiger partial charge in [0.1, 0.15) is 11.6 Å². The van der Waals surface area contributed by atoms with Gasteiger partial charge in [0, 0.05) is 13.1 Å². The highest BCUT2D eigenvalue weighted by molar-refractivity contribution is 5.88. The summed E-state index contributed by atoms with van der Waals surface area (Å²) in [6.45, 7) is 1.38. The van der Waals surface area contributed by atoms with Gasteiger partial charge in [-0.05, 0) is 24.3 Å². The minimum Gasteiger partial charge on any atom is -0.497 e. The van der Waals surface area contributed by atoms with Crippen molar-refractivity contribution >= 4 is 16.9 Å². The summed E-state index contributed by atoms with van der Waals surface area (Å²) >= 11 is 0. The van der Waals surface area contributed by atoms with Crippen LogP contribution in [0.25, 0.3) is 16.7 Å². The van der Waals surface area contributed by atoms with Crippen LogP contribution in [0.2, 0.25) is 0 Å². The molecule has 4 rings (SSSR count). The van der Waals surface area contributed by atoms with E-state index in [1.807, 2.05) is 24.3 Å². The van der Waals surface area contributed by atoms with Gasteiger partial charge in [-0.1, -0.05) is 0 Å². The molecular weight excluding hydrogens is 270 g/mol. The van der Waals surface area contributed by atoms with Crippen LogP contribution in [0, 0.1) is 0 Å². The van der Waals surface area contributed by atoms with Crippen LogP contribution in [0.15, 0.2) is 35.3 Å². The van der Waals surface area contributed by atoms with E-state index >= 15 is 0 Å². The summed E-state index contributed by atoms with van der Waals surface area (Å²) in [6.07, 6.45) is 1.73. The summed E-state index contributed by atoms with van der Waals surface area (Å²) in [6, 6.07) is 7.46. The Morgan fingerprint density at radius 2 is 2.10 bits per heavy atom. The van der Waals surface area contributed by atoms with Crippen molar-refractivity contribution in [3.05, 3.63) is 40.9 Å². The molecule has 1 N–H and O–H groups in total. The average molecular weight is 283 g/mol. The zero-order valence-corrected chi connectivity index (χ0v) is 11.4. The van der Waals surface area contributed by atoms with Crippen molar-refractivity contribution in [3.8, 4) is 11.4 Å². The third-order valence-corrected chi connectivity index (χ3v) is 3.65. The lowest BCUT2D eigenvalue weighted by Crippen LogP contribution is -2.21. The second-order valence-electron chi connectivity index (χ2n) is 4.81. The van der Waals surface area contributed by atoms with E-state index in [4.69, 9.17) is 4.74 Å². The Kier molecular flexibility index (Phi) is 2.47. The molecule has 106 valence electrons.